The highest BCUT2D eigenvalue weighted by atomic mass is 35.5. The van der Waals surface area contributed by atoms with E-state index in [9.17, 15) is 0 Å². The van der Waals surface area contributed by atoms with Gasteiger partial charge in [0.1, 0.15) is 5.15 Å². The van der Waals surface area contributed by atoms with E-state index in [-0.39, 0.29) is 0 Å². The van der Waals surface area contributed by atoms with Crippen molar-refractivity contribution in [1.82, 2.24) is 19.9 Å². The number of allylic oxidation sites excluding steroid dienone is 3. The summed E-state index contributed by atoms with van der Waals surface area (Å²) in [6.07, 6.45) is 6.93. The van der Waals surface area contributed by atoms with Crippen LogP contribution >= 0.6 is 11.6 Å². The molecule has 0 saturated heterocycles. The molecule has 0 fully saturated rings. The molecule has 2 aromatic heterocycles. The van der Waals surface area contributed by atoms with Gasteiger partial charge in [-0.25, -0.2) is 9.50 Å². The Bertz CT molecular complexity index is 639. The number of nitrogens with one attached hydrogen (secondary N) is 1. The fraction of sp³-hybridized carbons (Fsp3) is 0.167. The van der Waals surface area contributed by atoms with E-state index in [0.717, 1.165) is 17.8 Å². The lowest BCUT2D eigenvalue weighted by Crippen LogP contribution is -2.03. The third-order valence-corrected chi connectivity index (χ3v) is 3.01. The molecule has 2 aromatic rings. The fourth-order valence-electron chi connectivity index (χ4n) is 1.89. The van der Waals surface area contributed by atoms with Gasteiger partial charge in [0.15, 0.2) is 5.65 Å². The van der Waals surface area contributed by atoms with Crippen LogP contribution in [0.15, 0.2) is 36.2 Å². The minimum absolute atomic E-state index is 0.468. The summed E-state index contributed by atoms with van der Waals surface area (Å²) < 4.78 is 1.70. The van der Waals surface area contributed by atoms with E-state index in [1.165, 1.54) is 11.3 Å². The molecule has 5 heteroatoms. The molecule has 0 saturated carbocycles. The van der Waals surface area contributed by atoms with Crippen LogP contribution in [0, 0.1) is 0 Å². The number of fused-ring (bicyclic) bond motifs is 1. The van der Waals surface area contributed by atoms with Crippen LogP contribution < -0.4 is 5.32 Å². The molecule has 0 atom stereocenters. The normalized spacial score (nSPS) is 14.9. The van der Waals surface area contributed by atoms with Crippen LogP contribution in [0.25, 0.3) is 11.2 Å². The molecule has 0 radical (unpaired) electrons. The van der Waals surface area contributed by atoms with Crippen LogP contribution in [0.3, 0.4) is 0 Å². The lowest BCUT2D eigenvalue weighted by atomic mass is 10.1. The van der Waals surface area contributed by atoms with Crippen molar-refractivity contribution in [2.24, 2.45) is 0 Å². The first-order chi connectivity index (χ1) is 8.26. The van der Waals surface area contributed by atoms with Gasteiger partial charge in [0.05, 0.1) is 11.9 Å². The molecule has 4 nitrogen and oxygen atoms in total. The van der Waals surface area contributed by atoms with Crippen molar-refractivity contribution in [1.29, 1.82) is 0 Å². The van der Waals surface area contributed by atoms with E-state index in [1.807, 2.05) is 19.3 Å². The van der Waals surface area contributed by atoms with E-state index < -0.39 is 0 Å². The van der Waals surface area contributed by atoms with Crippen LogP contribution in [0.4, 0.5) is 0 Å². The molecule has 0 unspecified atom stereocenters. The summed E-state index contributed by atoms with van der Waals surface area (Å²) in [5.41, 5.74) is 4.14. The van der Waals surface area contributed by atoms with E-state index in [2.05, 4.69) is 27.6 Å². The van der Waals surface area contributed by atoms with Gasteiger partial charge < -0.3 is 5.32 Å². The Balaban J connectivity index is 1.98. The summed E-state index contributed by atoms with van der Waals surface area (Å²) in [6, 6.07) is 3.61. The predicted molar refractivity (Wildman–Crippen MR) is 67.7 cm³/mol. The summed E-state index contributed by atoms with van der Waals surface area (Å²) >= 11 is 5.84. The molecule has 0 amide bonds. The minimum Gasteiger partial charge on any atom is -0.391 e. The molecule has 1 aliphatic rings. The zero-order valence-corrected chi connectivity index (χ0v) is 10.1. The predicted octanol–water partition coefficient (Wildman–Crippen LogP) is 2.27. The quantitative estimate of drug-likeness (QED) is 0.884. The largest absolute Gasteiger partial charge is 0.391 e. The van der Waals surface area contributed by atoms with Crippen molar-refractivity contribution in [3.8, 4) is 0 Å². The first kappa shape index (κ1) is 10.4. The molecule has 1 N–H and O–H groups in total. The standard InChI is InChI=1S/C12H11ClN4/c1-14-9-3-2-8(6-9)10-7-17-12(15-10)5-4-11(13)16-17/h2-5,7,14H,6H2,1H3. The van der Waals surface area contributed by atoms with Gasteiger partial charge >= 0.3 is 0 Å². The van der Waals surface area contributed by atoms with Crippen molar-refractivity contribution in [2.75, 3.05) is 7.05 Å². The molecule has 0 bridgehead atoms. The molecule has 2 heterocycles. The first-order valence-corrected chi connectivity index (χ1v) is 5.74. The first-order valence-electron chi connectivity index (χ1n) is 5.36. The second kappa shape index (κ2) is 3.89. The summed E-state index contributed by atoms with van der Waals surface area (Å²) in [7, 11) is 1.92. The van der Waals surface area contributed by atoms with Crippen molar-refractivity contribution < 1.29 is 0 Å². The van der Waals surface area contributed by atoms with E-state index in [1.54, 1.807) is 10.6 Å². The van der Waals surface area contributed by atoms with Crippen LogP contribution in [0.5, 0.6) is 0 Å². The van der Waals surface area contributed by atoms with Crippen molar-refractivity contribution in [3.63, 3.8) is 0 Å². The van der Waals surface area contributed by atoms with Gasteiger partial charge in [-0.2, -0.15) is 5.10 Å². The van der Waals surface area contributed by atoms with Gasteiger partial charge in [0.2, 0.25) is 0 Å². The Labute approximate surface area is 104 Å². The highest BCUT2D eigenvalue weighted by Crippen LogP contribution is 2.26. The van der Waals surface area contributed by atoms with Crippen molar-refractivity contribution in [2.45, 2.75) is 6.42 Å². The average Bonchev–Trinajstić information content (AvgIpc) is 2.93. The maximum atomic E-state index is 5.84. The number of aromatic nitrogens is 3. The lowest BCUT2D eigenvalue weighted by Gasteiger charge is -2.00. The Morgan fingerprint density at radius 1 is 1.35 bits per heavy atom. The Morgan fingerprint density at radius 2 is 2.24 bits per heavy atom. The number of imidazole rings is 1. The average molecular weight is 247 g/mol. The van der Waals surface area contributed by atoms with Gasteiger partial charge in [-0.05, 0) is 23.8 Å². The van der Waals surface area contributed by atoms with E-state index in [0.29, 0.717) is 5.15 Å². The number of nitrogens with zero attached hydrogens (tertiary/aromatic N) is 3. The Kier molecular flexibility index (Phi) is 2.37. The summed E-state index contributed by atoms with van der Waals surface area (Å²) in [5, 5.41) is 7.78. The zero-order valence-electron chi connectivity index (χ0n) is 9.31. The van der Waals surface area contributed by atoms with E-state index >= 15 is 0 Å². The van der Waals surface area contributed by atoms with Crippen LogP contribution in [0.2, 0.25) is 5.15 Å². The molecule has 0 spiro atoms. The molecule has 0 aliphatic heterocycles. The summed E-state index contributed by atoms with van der Waals surface area (Å²) in [5.74, 6) is 0. The Morgan fingerprint density at radius 3 is 3.00 bits per heavy atom. The SMILES string of the molecule is CNC1=CC=C(c2cn3nc(Cl)ccc3n2)C1. The van der Waals surface area contributed by atoms with Gasteiger partial charge in [0.25, 0.3) is 0 Å². The fourth-order valence-corrected chi connectivity index (χ4v) is 2.03. The molecule has 1 aliphatic carbocycles. The molecular weight excluding hydrogens is 236 g/mol. The third-order valence-electron chi connectivity index (χ3n) is 2.80. The second-order valence-electron chi connectivity index (χ2n) is 3.90. The minimum atomic E-state index is 0.468. The zero-order chi connectivity index (χ0) is 11.8. The molecule has 17 heavy (non-hydrogen) atoms. The topological polar surface area (TPSA) is 42.2 Å². The van der Waals surface area contributed by atoms with E-state index in [4.69, 9.17) is 11.6 Å². The van der Waals surface area contributed by atoms with Gasteiger partial charge in [-0.1, -0.05) is 17.7 Å². The van der Waals surface area contributed by atoms with Crippen LogP contribution in [-0.4, -0.2) is 21.6 Å². The summed E-state index contributed by atoms with van der Waals surface area (Å²) in [4.78, 5) is 4.52. The van der Waals surface area contributed by atoms with Gasteiger partial charge in [-0.3, -0.25) is 0 Å². The number of rotatable bonds is 2. The lowest BCUT2D eigenvalue weighted by molar-refractivity contribution is 0.934. The number of hydrogen-bond donors (Lipinski definition) is 1. The third kappa shape index (κ3) is 1.80. The van der Waals surface area contributed by atoms with Gasteiger partial charge in [0, 0.05) is 19.2 Å². The summed E-state index contributed by atoms with van der Waals surface area (Å²) in [6.45, 7) is 0. The second-order valence-corrected chi connectivity index (χ2v) is 4.28. The van der Waals surface area contributed by atoms with Gasteiger partial charge in [-0.15, -0.1) is 0 Å². The molecular formula is C12H11ClN4. The highest BCUT2D eigenvalue weighted by molar-refractivity contribution is 6.29. The number of hydrogen-bond acceptors (Lipinski definition) is 3. The molecule has 0 aromatic carbocycles. The highest BCUT2D eigenvalue weighted by Gasteiger charge is 2.12. The van der Waals surface area contributed by atoms with Crippen LogP contribution in [-0.2, 0) is 0 Å². The molecule has 3 rings (SSSR count). The number of halogens is 1. The van der Waals surface area contributed by atoms with Crippen molar-refractivity contribution >= 4 is 22.8 Å². The van der Waals surface area contributed by atoms with Crippen molar-refractivity contribution in [3.05, 3.63) is 47.0 Å². The monoisotopic (exact) mass is 246 g/mol. The molecule has 86 valence electrons. The van der Waals surface area contributed by atoms with Crippen LogP contribution in [0.1, 0.15) is 12.1 Å². The maximum absolute atomic E-state index is 5.84. The maximum Gasteiger partial charge on any atom is 0.154 e. The Hall–Kier alpha value is -1.81. The smallest absolute Gasteiger partial charge is 0.154 e.